The molecule has 0 aromatic heterocycles. The molecule has 0 amide bonds. The number of ether oxygens (including phenoxy) is 1. The number of methoxy groups -OCH3 is 1. The van der Waals surface area contributed by atoms with Gasteiger partial charge in [-0.25, -0.2) is 18.0 Å². The number of carboxylic acids is 2. The predicted octanol–water partition coefficient (Wildman–Crippen LogP) is 2.03. The molecule has 0 bridgehead atoms. The van der Waals surface area contributed by atoms with Crippen LogP contribution in [0.3, 0.4) is 0 Å². The van der Waals surface area contributed by atoms with Crippen LogP contribution in [-0.2, 0) is 26.2 Å². The Morgan fingerprint density at radius 1 is 1.06 bits per heavy atom. The van der Waals surface area contributed by atoms with Crippen LogP contribution in [0.4, 0.5) is 5.69 Å². The van der Waals surface area contributed by atoms with E-state index in [4.69, 9.17) is 24.5 Å². The third-order valence-corrected chi connectivity index (χ3v) is 7.24. The van der Waals surface area contributed by atoms with Crippen LogP contribution in [-0.4, -0.2) is 78.0 Å². The second-order valence-corrected chi connectivity index (χ2v) is 9.85. The SMILES string of the molecule is COc1ccc(Br)cc1CN1CCN(S(=O)(=O)c2ccc([N+](=O)[O-])cc2)CC1.O=C(O)C(=O)O. The molecule has 34 heavy (non-hydrogen) atoms. The van der Waals surface area contributed by atoms with E-state index in [0.29, 0.717) is 32.7 Å². The molecule has 0 aliphatic carbocycles. The van der Waals surface area contributed by atoms with Crippen LogP contribution >= 0.6 is 15.9 Å². The monoisotopic (exact) mass is 559 g/mol. The second kappa shape index (κ2) is 11.9. The normalized spacial score (nSPS) is 14.5. The molecule has 1 aliphatic heterocycles. The molecule has 1 aliphatic rings. The van der Waals surface area contributed by atoms with Gasteiger partial charge < -0.3 is 14.9 Å². The van der Waals surface area contributed by atoms with E-state index < -0.39 is 26.9 Å². The molecule has 3 rings (SSSR count). The first kappa shape index (κ1) is 27.2. The highest BCUT2D eigenvalue weighted by Crippen LogP contribution is 2.26. The first-order chi connectivity index (χ1) is 15.9. The Morgan fingerprint density at radius 3 is 2.09 bits per heavy atom. The maximum absolute atomic E-state index is 12.8. The molecule has 0 unspecified atom stereocenters. The van der Waals surface area contributed by atoms with Gasteiger partial charge in [0.2, 0.25) is 10.0 Å². The Hall–Kier alpha value is -3.07. The maximum atomic E-state index is 12.8. The zero-order valence-corrected chi connectivity index (χ0v) is 20.4. The Bertz CT molecular complexity index is 1140. The minimum absolute atomic E-state index is 0.0696. The van der Waals surface area contributed by atoms with Crippen LogP contribution in [0.25, 0.3) is 0 Å². The lowest BCUT2D eigenvalue weighted by molar-refractivity contribution is -0.384. The minimum atomic E-state index is -3.67. The Labute approximate surface area is 203 Å². The maximum Gasteiger partial charge on any atom is 0.414 e. The summed E-state index contributed by atoms with van der Waals surface area (Å²) in [6.45, 7) is 2.54. The number of carboxylic acid groups (broad SMARTS) is 2. The Morgan fingerprint density at radius 2 is 1.62 bits per heavy atom. The summed E-state index contributed by atoms with van der Waals surface area (Å²) in [6, 6.07) is 10.8. The third-order valence-electron chi connectivity index (χ3n) is 4.84. The molecule has 2 N–H and O–H groups in total. The number of rotatable bonds is 6. The molecular formula is C20H22BrN3O9S. The number of carbonyl (C=O) groups is 2. The van der Waals surface area contributed by atoms with Gasteiger partial charge in [-0.05, 0) is 30.3 Å². The Balaban J connectivity index is 0.000000604. The zero-order valence-electron chi connectivity index (χ0n) is 18.0. The number of hydrogen-bond acceptors (Lipinski definition) is 8. The van der Waals surface area contributed by atoms with Gasteiger partial charge >= 0.3 is 11.9 Å². The van der Waals surface area contributed by atoms with Gasteiger partial charge in [0.15, 0.2) is 0 Å². The summed E-state index contributed by atoms with van der Waals surface area (Å²) in [5, 5.41) is 25.5. The molecule has 0 atom stereocenters. The zero-order chi connectivity index (χ0) is 25.5. The number of benzene rings is 2. The van der Waals surface area contributed by atoms with Crippen molar-refractivity contribution in [1.29, 1.82) is 0 Å². The van der Waals surface area contributed by atoms with E-state index in [2.05, 4.69) is 20.8 Å². The van der Waals surface area contributed by atoms with Crippen molar-refractivity contribution >= 4 is 43.6 Å². The summed E-state index contributed by atoms with van der Waals surface area (Å²) in [5.74, 6) is -2.85. The van der Waals surface area contributed by atoms with E-state index in [1.807, 2.05) is 18.2 Å². The number of nitro groups is 1. The van der Waals surface area contributed by atoms with Crippen LogP contribution < -0.4 is 4.74 Å². The van der Waals surface area contributed by atoms with Crippen molar-refractivity contribution in [3.8, 4) is 5.75 Å². The lowest BCUT2D eigenvalue weighted by atomic mass is 10.2. The fraction of sp³-hybridized carbons (Fsp3) is 0.300. The fourth-order valence-electron chi connectivity index (χ4n) is 3.13. The summed E-state index contributed by atoms with van der Waals surface area (Å²) in [5.41, 5.74) is 0.898. The van der Waals surface area contributed by atoms with Crippen molar-refractivity contribution < 1.29 is 37.9 Å². The predicted molar refractivity (Wildman–Crippen MR) is 123 cm³/mol. The summed E-state index contributed by atoms with van der Waals surface area (Å²) in [4.78, 5) is 30.6. The first-order valence-corrected chi connectivity index (χ1v) is 11.9. The van der Waals surface area contributed by atoms with Crippen LogP contribution in [0.2, 0.25) is 0 Å². The van der Waals surface area contributed by atoms with Gasteiger partial charge in [0, 0.05) is 54.9 Å². The number of nitrogens with zero attached hydrogens (tertiary/aromatic N) is 3. The molecule has 2 aromatic rings. The summed E-state index contributed by atoms with van der Waals surface area (Å²) >= 11 is 3.46. The highest BCUT2D eigenvalue weighted by atomic mass is 79.9. The fourth-order valence-corrected chi connectivity index (χ4v) is 4.96. The summed E-state index contributed by atoms with van der Waals surface area (Å²) in [6.07, 6.45) is 0. The number of hydrogen-bond donors (Lipinski definition) is 2. The van der Waals surface area contributed by atoms with Crippen LogP contribution in [0.5, 0.6) is 5.75 Å². The van der Waals surface area contributed by atoms with E-state index >= 15 is 0 Å². The van der Waals surface area contributed by atoms with E-state index in [1.54, 1.807) is 7.11 Å². The van der Waals surface area contributed by atoms with Gasteiger partial charge in [0.25, 0.3) is 5.69 Å². The first-order valence-electron chi connectivity index (χ1n) is 9.71. The van der Waals surface area contributed by atoms with Crippen LogP contribution in [0.1, 0.15) is 5.56 Å². The van der Waals surface area contributed by atoms with Crippen molar-refractivity contribution in [2.45, 2.75) is 11.4 Å². The topological polar surface area (TPSA) is 168 Å². The smallest absolute Gasteiger partial charge is 0.414 e. The molecule has 14 heteroatoms. The van der Waals surface area contributed by atoms with E-state index in [0.717, 1.165) is 15.8 Å². The van der Waals surface area contributed by atoms with E-state index in [-0.39, 0.29) is 10.6 Å². The highest BCUT2D eigenvalue weighted by molar-refractivity contribution is 9.10. The molecule has 0 saturated carbocycles. The van der Waals surface area contributed by atoms with Gasteiger partial charge in [-0.15, -0.1) is 0 Å². The number of halogens is 1. The standard InChI is InChI=1S/C18H20BrN3O5S.C2H2O4/c1-27-18-7-2-15(19)12-14(18)13-20-8-10-21(11-9-20)28(25,26)17-5-3-16(4-6-17)22(23)24;3-1(4)2(5)6/h2-7,12H,8-11,13H2,1H3;(H,3,4)(H,5,6). The number of piperazine rings is 1. The number of sulfonamides is 1. The van der Waals surface area contributed by atoms with Crippen molar-refractivity contribution in [1.82, 2.24) is 9.21 Å². The molecule has 0 spiro atoms. The van der Waals surface area contributed by atoms with E-state index in [1.165, 1.54) is 28.6 Å². The van der Waals surface area contributed by atoms with Gasteiger partial charge in [-0.2, -0.15) is 4.31 Å². The molecule has 1 fully saturated rings. The summed E-state index contributed by atoms with van der Waals surface area (Å²) < 4.78 is 33.4. The summed E-state index contributed by atoms with van der Waals surface area (Å²) in [7, 11) is -2.04. The Kier molecular flexibility index (Phi) is 9.49. The average molecular weight is 560 g/mol. The molecule has 1 saturated heterocycles. The molecule has 2 aromatic carbocycles. The van der Waals surface area contributed by atoms with Gasteiger partial charge in [0.1, 0.15) is 5.75 Å². The number of non-ortho nitro benzene ring substituents is 1. The van der Waals surface area contributed by atoms with Gasteiger partial charge in [-0.3, -0.25) is 15.0 Å². The van der Waals surface area contributed by atoms with E-state index in [9.17, 15) is 18.5 Å². The highest BCUT2D eigenvalue weighted by Gasteiger charge is 2.29. The third kappa shape index (κ3) is 7.21. The quantitative estimate of drug-likeness (QED) is 0.303. The molecule has 12 nitrogen and oxygen atoms in total. The van der Waals surface area contributed by atoms with Crippen molar-refractivity contribution in [3.05, 3.63) is 62.6 Å². The van der Waals surface area contributed by atoms with Gasteiger partial charge in [0.05, 0.1) is 16.9 Å². The molecular weight excluding hydrogens is 538 g/mol. The number of nitro benzene ring substituents is 1. The lowest BCUT2D eigenvalue weighted by Gasteiger charge is -2.34. The number of aliphatic carboxylic acids is 2. The van der Waals surface area contributed by atoms with Crippen molar-refractivity contribution in [3.63, 3.8) is 0 Å². The average Bonchev–Trinajstić information content (AvgIpc) is 2.80. The molecule has 0 radical (unpaired) electrons. The van der Waals surface area contributed by atoms with Crippen LogP contribution in [0, 0.1) is 10.1 Å². The molecule has 1 heterocycles. The largest absolute Gasteiger partial charge is 0.496 e. The van der Waals surface area contributed by atoms with Crippen molar-refractivity contribution in [2.75, 3.05) is 33.3 Å². The van der Waals surface area contributed by atoms with Crippen LogP contribution in [0.15, 0.2) is 51.8 Å². The molecule has 184 valence electrons. The minimum Gasteiger partial charge on any atom is -0.496 e. The second-order valence-electron chi connectivity index (χ2n) is 7.00. The van der Waals surface area contributed by atoms with Crippen molar-refractivity contribution in [2.24, 2.45) is 0 Å². The van der Waals surface area contributed by atoms with Gasteiger partial charge in [-0.1, -0.05) is 15.9 Å². The lowest BCUT2D eigenvalue weighted by Crippen LogP contribution is -2.48.